The van der Waals surface area contributed by atoms with Gasteiger partial charge in [-0.1, -0.05) is 20.8 Å². The minimum atomic E-state index is -0.286. The minimum absolute atomic E-state index is 0.150. The SMILES string of the molecule is CC(C)(C)OCC(=O)C(C)(C)C. The van der Waals surface area contributed by atoms with Crippen LogP contribution in [-0.2, 0) is 9.53 Å². The molecule has 0 aliphatic rings. The Bertz CT molecular complexity index is 158. The van der Waals surface area contributed by atoms with E-state index in [2.05, 4.69) is 0 Å². The molecule has 0 spiro atoms. The Balaban J connectivity index is 3.90. The van der Waals surface area contributed by atoms with Gasteiger partial charge in [-0.05, 0) is 20.8 Å². The van der Waals surface area contributed by atoms with E-state index in [0.717, 1.165) is 0 Å². The number of hydrogen-bond donors (Lipinski definition) is 0. The monoisotopic (exact) mass is 172 g/mol. The van der Waals surface area contributed by atoms with Crippen LogP contribution in [0.5, 0.6) is 0 Å². The van der Waals surface area contributed by atoms with Gasteiger partial charge in [0.2, 0.25) is 0 Å². The van der Waals surface area contributed by atoms with Gasteiger partial charge in [-0.25, -0.2) is 0 Å². The molecule has 0 aromatic heterocycles. The first-order valence-electron chi connectivity index (χ1n) is 4.30. The first kappa shape index (κ1) is 11.6. The van der Waals surface area contributed by atoms with Crippen LogP contribution in [0.25, 0.3) is 0 Å². The molecule has 0 aliphatic carbocycles. The molecular formula is C10H20O2. The number of ether oxygens (including phenoxy) is 1. The average molecular weight is 172 g/mol. The molecule has 0 aliphatic heterocycles. The van der Waals surface area contributed by atoms with Crippen LogP contribution in [0.3, 0.4) is 0 Å². The minimum Gasteiger partial charge on any atom is -0.368 e. The summed E-state index contributed by atoms with van der Waals surface area (Å²) in [7, 11) is 0. The second-order valence-electron chi connectivity index (χ2n) is 5.07. The summed E-state index contributed by atoms with van der Waals surface area (Å²) in [4.78, 5) is 11.4. The van der Waals surface area contributed by atoms with E-state index >= 15 is 0 Å². The van der Waals surface area contributed by atoms with Gasteiger partial charge in [-0.2, -0.15) is 0 Å². The summed E-state index contributed by atoms with van der Waals surface area (Å²) in [5.41, 5.74) is -0.508. The summed E-state index contributed by atoms with van der Waals surface area (Å²) >= 11 is 0. The Kier molecular flexibility index (Phi) is 3.45. The number of ketones is 1. The van der Waals surface area contributed by atoms with Crippen LogP contribution < -0.4 is 0 Å². The third-order valence-corrected chi connectivity index (χ3v) is 1.47. The fraction of sp³-hybridized carbons (Fsp3) is 0.900. The van der Waals surface area contributed by atoms with E-state index in [9.17, 15) is 4.79 Å². The molecule has 0 fully saturated rings. The third-order valence-electron chi connectivity index (χ3n) is 1.47. The molecule has 0 aromatic rings. The third kappa shape index (κ3) is 5.30. The lowest BCUT2D eigenvalue weighted by molar-refractivity contribution is -0.135. The number of hydrogen-bond acceptors (Lipinski definition) is 2. The molecule has 0 saturated carbocycles. The average Bonchev–Trinajstić information content (AvgIpc) is 1.78. The van der Waals surface area contributed by atoms with Gasteiger partial charge >= 0.3 is 0 Å². The fourth-order valence-electron chi connectivity index (χ4n) is 0.499. The predicted molar refractivity (Wildman–Crippen MR) is 50.2 cm³/mol. The number of rotatable bonds is 2. The van der Waals surface area contributed by atoms with Gasteiger partial charge in [0, 0.05) is 5.41 Å². The first-order chi connectivity index (χ1) is 5.13. The van der Waals surface area contributed by atoms with Crippen LogP contribution in [0.15, 0.2) is 0 Å². The second-order valence-corrected chi connectivity index (χ2v) is 5.07. The molecule has 2 nitrogen and oxygen atoms in total. The Morgan fingerprint density at radius 1 is 1.08 bits per heavy atom. The van der Waals surface area contributed by atoms with Gasteiger partial charge in [-0.15, -0.1) is 0 Å². The maximum atomic E-state index is 11.4. The van der Waals surface area contributed by atoms with Gasteiger partial charge in [0.25, 0.3) is 0 Å². The maximum Gasteiger partial charge on any atom is 0.163 e. The van der Waals surface area contributed by atoms with Crippen LogP contribution in [0.4, 0.5) is 0 Å². The quantitative estimate of drug-likeness (QED) is 0.639. The van der Waals surface area contributed by atoms with E-state index in [1.807, 2.05) is 41.5 Å². The summed E-state index contributed by atoms with van der Waals surface area (Å²) in [6.45, 7) is 11.8. The molecule has 72 valence electrons. The molecule has 0 amide bonds. The second kappa shape index (κ2) is 3.56. The number of Topliss-reactive ketones (excluding diaryl/α,β-unsaturated/α-hetero) is 1. The van der Waals surface area contributed by atoms with Crippen molar-refractivity contribution in [3.63, 3.8) is 0 Å². The molecule has 0 heterocycles. The summed E-state index contributed by atoms with van der Waals surface area (Å²) in [5.74, 6) is 0.150. The molecule has 12 heavy (non-hydrogen) atoms. The van der Waals surface area contributed by atoms with Gasteiger partial charge in [0.15, 0.2) is 5.78 Å². The van der Waals surface area contributed by atoms with Crippen LogP contribution in [0.2, 0.25) is 0 Å². The topological polar surface area (TPSA) is 26.3 Å². The standard InChI is InChI=1S/C10H20O2/c1-9(2,3)8(11)7-12-10(4,5)6/h7H2,1-6H3. The molecule has 0 rings (SSSR count). The molecule has 0 aromatic carbocycles. The largest absolute Gasteiger partial charge is 0.368 e. The van der Waals surface area contributed by atoms with Crippen molar-refractivity contribution in [1.29, 1.82) is 0 Å². The smallest absolute Gasteiger partial charge is 0.163 e. The zero-order valence-electron chi connectivity index (χ0n) is 9.02. The molecule has 0 atom stereocenters. The van der Waals surface area contributed by atoms with Gasteiger partial charge in [0.05, 0.1) is 5.60 Å². The number of carbonyl (C=O) groups is 1. The molecule has 0 N–H and O–H groups in total. The lowest BCUT2D eigenvalue weighted by atomic mass is 9.91. The van der Waals surface area contributed by atoms with Crippen LogP contribution in [0.1, 0.15) is 41.5 Å². The molecule has 0 bridgehead atoms. The van der Waals surface area contributed by atoms with E-state index in [-0.39, 0.29) is 23.4 Å². The fourth-order valence-corrected chi connectivity index (χ4v) is 0.499. The van der Waals surface area contributed by atoms with Crippen molar-refractivity contribution in [2.45, 2.75) is 47.1 Å². The van der Waals surface area contributed by atoms with Crippen molar-refractivity contribution in [3.05, 3.63) is 0 Å². The van der Waals surface area contributed by atoms with Crippen molar-refractivity contribution >= 4 is 5.78 Å². The summed E-state index contributed by atoms with van der Waals surface area (Å²) in [6, 6.07) is 0. The summed E-state index contributed by atoms with van der Waals surface area (Å²) in [6.07, 6.45) is 0. The van der Waals surface area contributed by atoms with E-state index in [1.54, 1.807) is 0 Å². The Labute approximate surface area is 75.3 Å². The van der Waals surface area contributed by atoms with Gasteiger partial charge in [-0.3, -0.25) is 4.79 Å². The zero-order valence-corrected chi connectivity index (χ0v) is 9.02. The van der Waals surface area contributed by atoms with Crippen molar-refractivity contribution < 1.29 is 9.53 Å². The number of carbonyl (C=O) groups excluding carboxylic acids is 1. The molecule has 2 heteroatoms. The van der Waals surface area contributed by atoms with E-state index in [0.29, 0.717) is 0 Å². The predicted octanol–water partition coefficient (Wildman–Crippen LogP) is 2.42. The van der Waals surface area contributed by atoms with Gasteiger partial charge in [0.1, 0.15) is 6.61 Å². The lowest BCUT2D eigenvalue weighted by Crippen LogP contribution is -2.30. The van der Waals surface area contributed by atoms with Gasteiger partial charge < -0.3 is 4.74 Å². The van der Waals surface area contributed by atoms with E-state index in [1.165, 1.54) is 0 Å². The van der Waals surface area contributed by atoms with Crippen molar-refractivity contribution in [2.24, 2.45) is 5.41 Å². The van der Waals surface area contributed by atoms with Crippen molar-refractivity contribution in [3.8, 4) is 0 Å². The lowest BCUT2D eigenvalue weighted by Gasteiger charge is -2.22. The Morgan fingerprint density at radius 3 is 1.75 bits per heavy atom. The highest BCUT2D eigenvalue weighted by molar-refractivity contribution is 5.84. The first-order valence-corrected chi connectivity index (χ1v) is 4.30. The van der Waals surface area contributed by atoms with E-state index in [4.69, 9.17) is 4.74 Å². The van der Waals surface area contributed by atoms with Crippen LogP contribution >= 0.6 is 0 Å². The molecular weight excluding hydrogens is 152 g/mol. The highest BCUT2D eigenvalue weighted by Gasteiger charge is 2.23. The van der Waals surface area contributed by atoms with E-state index < -0.39 is 0 Å². The summed E-state index contributed by atoms with van der Waals surface area (Å²) in [5, 5.41) is 0. The van der Waals surface area contributed by atoms with Crippen molar-refractivity contribution in [2.75, 3.05) is 6.61 Å². The van der Waals surface area contributed by atoms with Crippen LogP contribution in [0, 0.1) is 5.41 Å². The highest BCUT2D eigenvalue weighted by atomic mass is 16.5. The Morgan fingerprint density at radius 2 is 1.50 bits per heavy atom. The zero-order chi connectivity index (χ0) is 9.99. The molecule has 0 unspecified atom stereocenters. The Hall–Kier alpha value is -0.370. The van der Waals surface area contributed by atoms with Crippen molar-refractivity contribution in [1.82, 2.24) is 0 Å². The normalized spacial score (nSPS) is 13.2. The maximum absolute atomic E-state index is 11.4. The molecule has 0 radical (unpaired) electrons. The highest BCUT2D eigenvalue weighted by Crippen LogP contribution is 2.16. The summed E-state index contributed by atoms with van der Waals surface area (Å²) < 4.78 is 5.37. The van der Waals surface area contributed by atoms with Crippen LogP contribution in [-0.4, -0.2) is 18.0 Å². The molecule has 0 saturated heterocycles.